The number of nitrogens with two attached hydrogens (primary N) is 2. The third kappa shape index (κ3) is 4.42. The minimum absolute atomic E-state index is 0. The molecule has 0 radical (unpaired) electrons. The van der Waals surface area contributed by atoms with E-state index in [1.165, 1.54) is 11.1 Å². The van der Waals surface area contributed by atoms with Gasteiger partial charge in [-0.05, 0) is 37.1 Å². The highest BCUT2D eigenvalue weighted by Crippen LogP contribution is 2.29. The van der Waals surface area contributed by atoms with E-state index in [1.807, 2.05) is 12.1 Å². The van der Waals surface area contributed by atoms with Crippen molar-refractivity contribution >= 4 is 24.8 Å². The molecule has 0 saturated carbocycles. The van der Waals surface area contributed by atoms with Crippen LogP contribution >= 0.6 is 24.8 Å². The first-order valence-electron chi connectivity index (χ1n) is 9.24. The van der Waals surface area contributed by atoms with Gasteiger partial charge in [0.15, 0.2) is 0 Å². The standard InChI is InChI=1S/C22H24N6.2ClH/c1-14-3-7-16(8-4-14)18-11-20(27-25-18)22(24,13-23)21-12-19(26-28-21)17-9-5-15(2)6-10-17;;/h3-12H,13,23-24H2,1-2H3,(H,25,27)(H,26,28);2*1H. The number of nitrogens with one attached hydrogen (secondary N) is 2. The van der Waals surface area contributed by atoms with Crippen LogP contribution in [0.2, 0.25) is 0 Å². The van der Waals surface area contributed by atoms with Crippen LogP contribution in [0.1, 0.15) is 22.5 Å². The number of benzene rings is 2. The first-order valence-corrected chi connectivity index (χ1v) is 9.24. The van der Waals surface area contributed by atoms with Gasteiger partial charge in [-0.1, -0.05) is 59.7 Å². The fourth-order valence-electron chi connectivity index (χ4n) is 3.20. The molecule has 0 saturated heterocycles. The van der Waals surface area contributed by atoms with E-state index in [2.05, 4.69) is 82.8 Å². The van der Waals surface area contributed by atoms with Crippen LogP contribution in [-0.2, 0) is 5.54 Å². The number of aromatic nitrogens is 4. The van der Waals surface area contributed by atoms with Crippen molar-refractivity contribution in [2.75, 3.05) is 6.54 Å². The number of nitrogens with zero attached hydrogens (tertiary/aromatic N) is 2. The highest BCUT2D eigenvalue weighted by atomic mass is 35.5. The molecule has 6 N–H and O–H groups in total. The zero-order valence-electron chi connectivity index (χ0n) is 16.8. The van der Waals surface area contributed by atoms with E-state index in [4.69, 9.17) is 11.5 Å². The van der Waals surface area contributed by atoms with Crippen LogP contribution in [0.4, 0.5) is 0 Å². The summed E-state index contributed by atoms with van der Waals surface area (Å²) in [6.07, 6.45) is 0. The van der Waals surface area contributed by atoms with Crippen LogP contribution in [0, 0.1) is 13.8 Å². The molecule has 0 unspecified atom stereocenters. The summed E-state index contributed by atoms with van der Waals surface area (Å²) >= 11 is 0. The van der Waals surface area contributed by atoms with E-state index >= 15 is 0 Å². The minimum Gasteiger partial charge on any atom is -0.328 e. The smallest absolute Gasteiger partial charge is 0.117 e. The van der Waals surface area contributed by atoms with Crippen LogP contribution in [0.15, 0.2) is 60.7 Å². The molecular weight excluding hydrogens is 419 g/mol. The van der Waals surface area contributed by atoms with Gasteiger partial charge in [-0.15, -0.1) is 24.8 Å². The van der Waals surface area contributed by atoms with E-state index < -0.39 is 5.54 Å². The summed E-state index contributed by atoms with van der Waals surface area (Å²) in [4.78, 5) is 0. The third-order valence-corrected chi connectivity index (χ3v) is 5.12. The Labute approximate surface area is 188 Å². The van der Waals surface area contributed by atoms with Gasteiger partial charge in [-0.3, -0.25) is 10.2 Å². The van der Waals surface area contributed by atoms with Gasteiger partial charge < -0.3 is 11.5 Å². The molecule has 2 aromatic heterocycles. The summed E-state index contributed by atoms with van der Waals surface area (Å²) in [7, 11) is 0. The van der Waals surface area contributed by atoms with E-state index in [0.29, 0.717) is 11.4 Å². The lowest BCUT2D eigenvalue weighted by Gasteiger charge is -2.23. The van der Waals surface area contributed by atoms with Crippen molar-refractivity contribution in [2.45, 2.75) is 19.4 Å². The van der Waals surface area contributed by atoms with Gasteiger partial charge in [0.2, 0.25) is 0 Å². The van der Waals surface area contributed by atoms with Crippen LogP contribution in [0.25, 0.3) is 22.5 Å². The maximum atomic E-state index is 6.68. The average Bonchev–Trinajstić information content (AvgIpc) is 3.39. The summed E-state index contributed by atoms with van der Waals surface area (Å²) in [6.45, 7) is 4.30. The largest absolute Gasteiger partial charge is 0.328 e. The maximum absolute atomic E-state index is 6.68. The van der Waals surface area contributed by atoms with Crippen molar-refractivity contribution in [3.63, 3.8) is 0 Å². The van der Waals surface area contributed by atoms with Crippen LogP contribution < -0.4 is 11.5 Å². The average molecular weight is 445 g/mol. The van der Waals surface area contributed by atoms with Gasteiger partial charge >= 0.3 is 0 Å². The topological polar surface area (TPSA) is 109 Å². The Morgan fingerprint density at radius 2 is 1.10 bits per heavy atom. The molecule has 0 bridgehead atoms. The van der Waals surface area contributed by atoms with Gasteiger partial charge in [0.25, 0.3) is 0 Å². The first kappa shape index (κ1) is 23.6. The fraction of sp³-hybridized carbons (Fsp3) is 0.182. The number of aryl methyl sites for hydroxylation is 2. The number of H-pyrrole nitrogens is 2. The molecule has 2 heterocycles. The van der Waals surface area contributed by atoms with Gasteiger partial charge in [-0.25, -0.2) is 0 Å². The van der Waals surface area contributed by atoms with Gasteiger partial charge in [0.1, 0.15) is 5.54 Å². The molecular formula is C22H26Cl2N6. The highest BCUT2D eigenvalue weighted by molar-refractivity contribution is 5.85. The molecule has 8 heteroatoms. The van der Waals surface area contributed by atoms with Gasteiger partial charge in [0.05, 0.1) is 22.8 Å². The summed E-state index contributed by atoms with van der Waals surface area (Å²) < 4.78 is 0. The predicted molar refractivity (Wildman–Crippen MR) is 126 cm³/mol. The molecule has 4 rings (SSSR count). The van der Waals surface area contributed by atoms with Crippen molar-refractivity contribution < 1.29 is 0 Å². The van der Waals surface area contributed by atoms with E-state index in [1.54, 1.807) is 0 Å². The molecule has 0 aliphatic rings. The molecule has 30 heavy (non-hydrogen) atoms. The van der Waals surface area contributed by atoms with E-state index in [9.17, 15) is 0 Å². The Kier molecular flexibility index (Phi) is 7.44. The Hall–Kier alpha value is -2.64. The molecule has 0 atom stereocenters. The first-order chi connectivity index (χ1) is 13.5. The SMILES string of the molecule is Cc1ccc(-c2cc(C(N)(CN)c3cc(-c4ccc(C)cc4)[nH]n3)n[nH]2)cc1.Cl.Cl. The third-order valence-electron chi connectivity index (χ3n) is 5.12. The van der Waals surface area contributed by atoms with E-state index in [0.717, 1.165) is 22.5 Å². The molecule has 2 aromatic carbocycles. The van der Waals surface area contributed by atoms with Crippen molar-refractivity contribution in [3.05, 3.63) is 83.2 Å². The molecule has 0 aliphatic carbocycles. The van der Waals surface area contributed by atoms with Gasteiger partial charge in [-0.2, -0.15) is 10.2 Å². The zero-order chi connectivity index (χ0) is 19.7. The quantitative estimate of drug-likeness (QED) is 0.371. The Morgan fingerprint density at radius 3 is 1.43 bits per heavy atom. The van der Waals surface area contributed by atoms with E-state index in [-0.39, 0.29) is 31.4 Å². The predicted octanol–water partition coefficient (Wildman–Crippen LogP) is 4.09. The summed E-state index contributed by atoms with van der Waals surface area (Å²) in [5.41, 5.74) is 19.4. The molecule has 6 nitrogen and oxygen atoms in total. The molecule has 0 aliphatic heterocycles. The molecule has 0 fully saturated rings. The summed E-state index contributed by atoms with van der Waals surface area (Å²) in [6, 6.07) is 20.4. The lowest BCUT2D eigenvalue weighted by Crippen LogP contribution is -2.45. The van der Waals surface area contributed by atoms with Crippen molar-refractivity contribution in [1.29, 1.82) is 0 Å². The molecule has 4 aromatic rings. The lowest BCUT2D eigenvalue weighted by atomic mass is 9.91. The second kappa shape index (κ2) is 9.45. The maximum Gasteiger partial charge on any atom is 0.117 e. The monoisotopic (exact) mass is 444 g/mol. The molecule has 158 valence electrons. The summed E-state index contributed by atoms with van der Waals surface area (Å²) in [5.74, 6) is 0. The summed E-state index contributed by atoms with van der Waals surface area (Å²) in [5, 5.41) is 15.0. The van der Waals surface area contributed by atoms with Crippen molar-refractivity contribution in [2.24, 2.45) is 11.5 Å². The number of hydrogen-bond acceptors (Lipinski definition) is 4. The molecule has 0 amide bonds. The van der Waals surface area contributed by atoms with Crippen molar-refractivity contribution in [1.82, 2.24) is 20.4 Å². The fourth-order valence-corrected chi connectivity index (χ4v) is 3.20. The second-order valence-corrected chi connectivity index (χ2v) is 7.24. The van der Waals surface area contributed by atoms with Crippen molar-refractivity contribution in [3.8, 4) is 22.5 Å². The Bertz CT molecular complexity index is 1000. The number of rotatable bonds is 5. The van der Waals surface area contributed by atoms with Gasteiger partial charge in [0, 0.05) is 6.54 Å². The van der Waals surface area contributed by atoms with Crippen LogP contribution in [0.5, 0.6) is 0 Å². The number of halogens is 2. The Balaban J connectivity index is 0.00000160. The zero-order valence-corrected chi connectivity index (χ0v) is 18.5. The van der Waals surface area contributed by atoms with Crippen LogP contribution in [0.3, 0.4) is 0 Å². The molecule has 0 spiro atoms. The number of hydrogen-bond donors (Lipinski definition) is 4. The lowest BCUT2D eigenvalue weighted by molar-refractivity contribution is 0.515. The minimum atomic E-state index is -0.987. The second-order valence-electron chi connectivity index (χ2n) is 7.24. The Morgan fingerprint density at radius 1 is 0.733 bits per heavy atom. The number of aromatic amines is 2. The highest BCUT2D eigenvalue weighted by Gasteiger charge is 2.34. The van der Waals surface area contributed by atoms with Crippen LogP contribution in [-0.4, -0.2) is 26.9 Å². The normalized spacial score (nSPS) is 10.9.